The van der Waals surface area contributed by atoms with E-state index in [0.29, 0.717) is 31.2 Å². The summed E-state index contributed by atoms with van der Waals surface area (Å²) >= 11 is 0. The van der Waals surface area contributed by atoms with E-state index in [4.69, 9.17) is 4.98 Å². The zero-order valence-electron chi connectivity index (χ0n) is 20.5. The molecule has 2 atom stereocenters. The first kappa shape index (κ1) is 23.3. The lowest BCUT2D eigenvalue weighted by Crippen LogP contribution is -2.47. The highest BCUT2D eigenvalue weighted by atomic mass is 16.2. The van der Waals surface area contributed by atoms with Crippen LogP contribution in [0.15, 0.2) is 30.3 Å². The van der Waals surface area contributed by atoms with Crippen molar-refractivity contribution in [2.45, 2.75) is 79.1 Å². The molecule has 2 aliphatic rings. The molecule has 1 fully saturated rings. The Bertz CT molecular complexity index is 1010. The van der Waals surface area contributed by atoms with Crippen LogP contribution in [0.5, 0.6) is 0 Å². The number of imidazole rings is 1. The van der Waals surface area contributed by atoms with Crippen molar-refractivity contribution >= 4 is 11.9 Å². The number of fused-ring (bicyclic) bond motifs is 1. The number of aromatic nitrogens is 2. The lowest BCUT2D eigenvalue weighted by molar-refractivity contribution is 0.0885. The van der Waals surface area contributed by atoms with Crippen LogP contribution >= 0.6 is 0 Å². The first-order valence-corrected chi connectivity index (χ1v) is 12.2. The molecular formula is C26H37N5O2. The van der Waals surface area contributed by atoms with Crippen LogP contribution in [-0.4, -0.2) is 45.0 Å². The number of carbonyl (C=O) groups is 2. The van der Waals surface area contributed by atoms with Gasteiger partial charge in [-0.2, -0.15) is 0 Å². The minimum atomic E-state index is -0.137. The fraction of sp³-hybridized carbons (Fsp3) is 0.577. The zero-order chi connectivity index (χ0) is 23.8. The van der Waals surface area contributed by atoms with E-state index in [1.165, 1.54) is 0 Å². The Morgan fingerprint density at radius 3 is 2.52 bits per heavy atom. The third-order valence-electron chi connectivity index (χ3n) is 7.51. The second-order valence-electron chi connectivity index (χ2n) is 10.3. The van der Waals surface area contributed by atoms with Gasteiger partial charge in [-0.25, -0.2) is 9.78 Å². The van der Waals surface area contributed by atoms with Crippen LogP contribution in [0.1, 0.15) is 70.1 Å². The van der Waals surface area contributed by atoms with Crippen molar-refractivity contribution in [2.75, 3.05) is 6.54 Å². The fourth-order valence-electron chi connectivity index (χ4n) is 5.48. The molecule has 4 rings (SSSR count). The highest BCUT2D eigenvalue weighted by Crippen LogP contribution is 2.44. The second-order valence-corrected chi connectivity index (χ2v) is 10.3. The molecule has 7 heteroatoms. The lowest BCUT2D eigenvalue weighted by Gasteiger charge is -2.33. The largest absolute Gasteiger partial charge is 0.347 e. The highest BCUT2D eigenvalue weighted by Gasteiger charge is 2.43. The van der Waals surface area contributed by atoms with Gasteiger partial charge in [-0.3, -0.25) is 4.79 Å². The molecule has 0 radical (unpaired) electrons. The monoisotopic (exact) mass is 451 g/mol. The van der Waals surface area contributed by atoms with Gasteiger partial charge in [-0.05, 0) is 38.0 Å². The summed E-state index contributed by atoms with van der Waals surface area (Å²) in [5.74, 6) is 1.26. The van der Waals surface area contributed by atoms with Gasteiger partial charge in [-0.1, -0.05) is 57.5 Å². The lowest BCUT2D eigenvalue weighted by atomic mass is 9.78. The average Bonchev–Trinajstić information content (AvgIpc) is 3.30. The van der Waals surface area contributed by atoms with Crippen LogP contribution in [0.2, 0.25) is 0 Å². The van der Waals surface area contributed by atoms with Crippen LogP contribution in [-0.2, 0) is 13.1 Å². The highest BCUT2D eigenvalue weighted by molar-refractivity contribution is 5.94. The Morgan fingerprint density at radius 1 is 1.15 bits per heavy atom. The van der Waals surface area contributed by atoms with E-state index in [1.807, 2.05) is 44.2 Å². The molecule has 178 valence electrons. The molecular weight excluding hydrogens is 414 g/mol. The van der Waals surface area contributed by atoms with Crippen molar-refractivity contribution in [3.63, 3.8) is 0 Å². The van der Waals surface area contributed by atoms with Crippen molar-refractivity contribution in [1.82, 2.24) is 25.1 Å². The number of nitrogens with zero attached hydrogens (tertiary/aromatic N) is 3. The summed E-state index contributed by atoms with van der Waals surface area (Å²) in [6.07, 6.45) is 3.24. The summed E-state index contributed by atoms with van der Waals surface area (Å²) in [7, 11) is 0. The average molecular weight is 452 g/mol. The number of hydrogen-bond donors (Lipinski definition) is 2. The second kappa shape index (κ2) is 9.20. The van der Waals surface area contributed by atoms with E-state index in [0.717, 1.165) is 36.3 Å². The Hall–Kier alpha value is -2.83. The molecule has 0 bridgehead atoms. The number of urea groups is 1. The Morgan fingerprint density at radius 2 is 1.88 bits per heavy atom. The number of hydrogen-bond acceptors (Lipinski definition) is 3. The molecule has 2 aromatic rings. The number of nitrogens with one attached hydrogen (secondary N) is 2. The Labute approximate surface area is 197 Å². The smallest absolute Gasteiger partial charge is 0.318 e. The van der Waals surface area contributed by atoms with Gasteiger partial charge in [0.15, 0.2) is 5.69 Å². The van der Waals surface area contributed by atoms with Crippen LogP contribution in [0, 0.1) is 11.3 Å². The summed E-state index contributed by atoms with van der Waals surface area (Å²) in [6, 6.07) is 10.0. The van der Waals surface area contributed by atoms with Gasteiger partial charge in [-0.15, -0.1) is 0 Å². The van der Waals surface area contributed by atoms with Crippen molar-refractivity contribution in [2.24, 2.45) is 11.3 Å². The van der Waals surface area contributed by atoms with Crippen molar-refractivity contribution in [3.8, 4) is 11.4 Å². The first-order valence-electron chi connectivity index (χ1n) is 12.2. The molecule has 1 aliphatic carbocycles. The van der Waals surface area contributed by atoms with E-state index < -0.39 is 0 Å². The number of amides is 3. The summed E-state index contributed by atoms with van der Waals surface area (Å²) in [5, 5.41) is 6.28. The van der Waals surface area contributed by atoms with Gasteiger partial charge in [0.25, 0.3) is 5.91 Å². The third-order valence-corrected chi connectivity index (χ3v) is 7.51. The summed E-state index contributed by atoms with van der Waals surface area (Å²) in [6.45, 7) is 12.2. The normalized spacial score (nSPS) is 21.7. The van der Waals surface area contributed by atoms with Gasteiger partial charge >= 0.3 is 6.03 Å². The molecule has 1 aliphatic heterocycles. The summed E-state index contributed by atoms with van der Waals surface area (Å²) in [4.78, 5) is 32.9. The Kier molecular flexibility index (Phi) is 6.50. The van der Waals surface area contributed by atoms with Gasteiger partial charge in [0.2, 0.25) is 0 Å². The van der Waals surface area contributed by atoms with Crippen LogP contribution < -0.4 is 10.6 Å². The van der Waals surface area contributed by atoms with E-state index in [9.17, 15) is 9.59 Å². The molecule has 1 aromatic carbocycles. The summed E-state index contributed by atoms with van der Waals surface area (Å²) < 4.78 is 2.11. The third kappa shape index (κ3) is 4.50. The van der Waals surface area contributed by atoms with Crippen LogP contribution in [0.4, 0.5) is 4.79 Å². The van der Waals surface area contributed by atoms with Gasteiger partial charge in [0.05, 0.1) is 12.2 Å². The SMILES string of the molecule is CCC1CCC(NC(=O)c2nc(-c3ccccc3)n3c2CN(C(=O)NC(C)C)CC3)C1(C)C. The van der Waals surface area contributed by atoms with E-state index in [2.05, 4.69) is 36.0 Å². The van der Waals surface area contributed by atoms with E-state index in [1.54, 1.807) is 4.90 Å². The van der Waals surface area contributed by atoms with Crippen molar-refractivity contribution < 1.29 is 9.59 Å². The minimum absolute atomic E-state index is 0.0512. The molecule has 1 saturated carbocycles. The molecule has 1 aromatic heterocycles. The molecule has 2 N–H and O–H groups in total. The predicted octanol–water partition coefficient (Wildman–Crippen LogP) is 4.43. The Balaban J connectivity index is 1.66. The zero-order valence-corrected chi connectivity index (χ0v) is 20.5. The molecule has 33 heavy (non-hydrogen) atoms. The quantitative estimate of drug-likeness (QED) is 0.706. The maximum absolute atomic E-state index is 13.5. The van der Waals surface area contributed by atoms with Crippen molar-refractivity contribution in [3.05, 3.63) is 41.7 Å². The topological polar surface area (TPSA) is 79.3 Å². The maximum atomic E-state index is 13.5. The molecule has 0 saturated heterocycles. The minimum Gasteiger partial charge on any atom is -0.347 e. The van der Waals surface area contributed by atoms with Gasteiger partial charge in [0, 0.05) is 30.7 Å². The maximum Gasteiger partial charge on any atom is 0.318 e. The first-order chi connectivity index (χ1) is 15.7. The number of rotatable bonds is 5. The standard InChI is InChI=1S/C26H37N5O2/c1-6-19-12-13-21(26(19,4)5)28-24(32)22-20-16-30(25(33)27-17(2)3)14-15-31(20)23(29-22)18-10-8-7-9-11-18/h7-11,17,19,21H,6,12-16H2,1-5H3,(H,27,33)(H,28,32). The van der Waals surface area contributed by atoms with Crippen LogP contribution in [0.3, 0.4) is 0 Å². The molecule has 3 amide bonds. The fourth-order valence-corrected chi connectivity index (χ4v) is 5.48. The number of carbonyl (C=O) groups excluding carboxylic acids is 2. The molecule has 2 heterocycles. The van der Waals surface area contributed by atoms with E-state index >= 15 is 0 Å². The molecule has 7 nitrogen and oxygen atoms in total. The molecule has 2 unspecified atom stereocenters. The predicted molar refractivity (Wildman–Crippen MR) is 130 cm³/mol. The number of benzene rings is 1. The summed E-state index contributed by atoms with van der Waals surface area (Å²) in [5.41, 5.74) is 2.27. The van der Waals surface area contributed by atoms with Gasteiger partial charge < -0.3 is 20.1 Å². The van der Waals surface area contributed by atoms with Crippen molar-refractivity contribution in [1.29, 1.82) is 0 Å². The van der Waals surface area contributed by atoms with E-state index in [-0.39, 0.29) is 29.4 Å². The molecule has 0 spiro atoms. The van der Waals surface area contributed by atoms with Crippen LogP contribution in [0.25, 0.3) is 11.4 Å². The van der Waals surface area contributed by atoms with Gasteiger partial charge in [0.1, 0.15) is 5.82 Å².